The van der Waals surface area contributed by atoms with Crippen molar-refractivity contribution in [1.82, 2.24) is 5.32 Å². The Kier molecular flexibility index (Phi) is 3.89. The summed E-state index contributed by atoms with van der Waals surface area (Å²) in [6.45, 7) is 4.44. The number of rotatable bonds is 3. The second kappa shape index (κ2) is 5.41. The Balaban J connectivity index is 2.05. The molecule has 2 N–H and O–H groups in total. The van der Waals surface area contributed by atoms with E-state index in [0.717, 1.165) is 13.1 Å². The molecule has 1 aromatic rings. The van der Waals surface area contributed by atoms with Crippen molar-refractivity contribution in [2.24, 2.45) is 0 Å². The molecule has 0 aliphatic carbocycles. The molecule has 1 saturated heterocycles. The third-order valence-corrected chi connectivity index (χ3v) is 3.43. The van der Waals surface area contributed by atoms with Gasteiger partial charge in [0.1, 0.15) is 0 Å². The maximum atomic E-state index is 3.66. The van der Waals surface area contributed by atoms with E-state index in [1.54, 1.807) is 0 Å². The zero-order valence-electron chi connectivity index (χ0n) is 11.1. The summed E-state index contributed by atoms with van der Waals surface area (Å²) in [6, 6.07) is 7.24. The van der Waals surface area contributed by atoms with Gasteiger partial charge in [-0.05, 0) is 56.6 Å². The maximum absolute atomic E-state index is 3.66. The number of nitrogens with zero attached hydrogens (tertiary/aromatic N) is 1. The second-order valence-electron chi connectivity index (χ2n) is 5.06. The van der Waals surface area contributed by atoms with Crippen LogP contribution in [0.15, 0.2) is 18.2 Å². The summed E-state index contributed by atoms with van der Waals surface area (Å²) >= 11 is 0. The number of piperidine rings is 1. The summed E-state index contributed by atoms with van der Waals surface area (Å²) in [6.07, 6.45) is 2.43. The molecule has 0 spiro atoms. The van der Waals surface area contributed by atoms with E-state index in [1.807, 2.05) is 0 Å². The minimum absolute atomic E-state index is 0.625. The summed E-state index contributed by atoms with van der Waals surface area (Å²) < 4.78 is 0. The van der Waals surface area contributed by atoms with Gasteiger partial charge in [0.15, 0.2) is 0 Å². The molecule has 0 radical (unpaired) electrons. The van der Waals surface area contributed by atoms with E-state index >= 15 is 0 Å². The van der Waals surface area contributed by atoms with Gasteiger partial charge in [-0.1, -0.05) is 0 Å². The van der Waals surface area contributed by atoms with Crippen molar-refractivity contribution in [1.29, 1.82) is 0 Å². The van der Waals surface area contributed by atoms with Crippen LogP contribution in [0, 0.1) is 6.92 Å². The monoisotopic (exact) mass is 233 g/mol. The van der Waals surface area contributed by atoms with E-state index in [1.165, 1.54) is 29.8 Å². The van der Waals surface area contributed by atoms with Crippen molar-refractivity contribution in [3.8, 4) is 0 Å². The van der Waals surface area contributed by atoms with Crippen LogP contribution in [0.5, 0.6) is 0 Å². The largest absolute Gasteiger partial charge is 0.382 e. The van der Waals surface area contributed by atoms with Crippen molar-refractivity contribution in [2.45, 2.75) is 25.8 Å². The van der Waals surface area contributed by atoms with Crippen LogP contribution in [-0.4, -0.2) is 33.2 Å². The zero-order valence-corrected chi connectivity index (χ0v) is 11.1. The van der Waals surface area contributed by atoms with E-state index in [4.69, 9.17) is 0 Å². The molecule has 0 aromatic heterocycles. The quantitative estimate of drug-likeness (QED) is 0.838. The zero-order chi connectivity index (χ0) is 12.3. The summed E-state index contributed by atoms with van der Waals surface area (Å²) in [4.78, 5) is 2.14. The van der Waals surface area contributed by atoms with Gasteiger partial charge in [-0.2, -0.15) is 0 Å². The van der Waals surface area contributed by atoms with Crippen LogP contribution in [-0.2, 0) is 0 Å². The molecule has 3 heteroatoms. The fourth-order valence-corrected chi connectivity index (χ4v) is 2.27. The Morgan fingerprint density at radius 1 is 1.24 bits per heavy atom. The highest BCUT2D eigenvalue weighted by molar-refractivity contribution is 5.60. The standard InChI is InChI=1S/C14H23N3/c1-11-10-13(17(2)3)4-5-14(11)16-12-6-8-15-9-7-12/h4-5,10,12,15-16H,6-9H2,1-3H3. The first-order valence-corrected chi connectivity index (χ1v) is 6.42. The Morgan fingerprint density at radius 2 is 1.94 bits per heavy atom. The Hall–Kier alpha value is -1.22. The molecule has 0 bridgehead atoms. The van der Waals surface area contributed by atoms with Gasteiger partial charge in [-0.25, -0.2) is 0 Å². The van der Waals surface area contributed by atoms with Crippen LogP contribution in [0.2, 0.25) is 0 Å². The molecule has 0 atom stereocenters. The first kappa shape index (κ1) is 12.2. The van der Waals surface area contributed by atoms with Crippen molar-refractivity contribution >= 4 is 11.4 Å². The third-order valence-electron chi connectivity index (χ3n) is 3.43. The Labute approximate surface area is 104 Å². The molecular formula is C14H23N3. The molecule has 1 aliphatic heterocycles. The predicted octanol–water partition coefficient (Wildman–Crippen LogP) is 2.22. The first-order chi connectivity index (χ1) is 8.16. The smallest absolute Gasteiger partial charge is 0.0373 e. The van der Waals surface area contributed by atoms with Gasteiger partial charge in [-0.3, -0.25) is 0 Å². The average molecular weight is 233 g/mol. The van der Waals surface area contributed by atoms with E-state index < -0.39 is 0 Å². The molecule has 0 unspecified atom stereocenters. The highest BCUT2D eigenvalue weighted by Crippen LogP contribution is 2.23. The van der Waals surface area contributed by atoms with Crippen LogP contribution < -0.4 is 15.5 Å². The van der Waals surface area contributed by atoms with E-state index in [2.05, 4.69) is 54.8 Å². The SMILES string of the molecule is Cc1cc(N(C)C)ccc1NC1CCNCC1. The van der Waals surface area contributed by atoms with Gasteiger partial charge >= 0.3 is 0 Å². The normalized spacial score (nSPS) is 16.9. The number of anilines is 2. The fourth-order valence-electron chi connectivity index (χ4n) is 2.27. The predicted molar refractivity (Wildman–Crippen MR) is 75.0 cm³/mol. The number of hydrogen-bond acceptors (Lipinski definition) is 3. The van der Waals surface area contributed by atoms with E-state index in [-0.39, 0.29) is 0 Å². The summed E-state index contributed by atoms with van der Waals surface area (Å²) in [7, 11) is 4.16. The molecular weight excluding hydrogens is 210 g/mol. The van der Waals surface area contributed by atoms with E-state index in [0.29, 0.717) is 6.04 Å². The topological polar surface area (TPSA) is 27.3 Å². The average Bonchev–Trinajstić information content (AvgIpc) is 2.33. The molecule has 3 nitrogen and oxygen atoms in total. The highest BCUT2D eigenvalue weighted by atomic mass is 15.1. The Morgan fingerprint density at radius 3 is 2.53 bits per heavy atom. The molecule has 1 aromatic carbocycles. The first-order valence-electron chi connectivity index (χ1n) is 6.42. The van der Waals surface area contributed by atoms with Crippen LogP contribution in [0.1, 0.15) is 18.4 Å². The minimum Gasteiger partial charge on any atom is -0.382 e. The van der Waals surface area contributed by atoms with Gasteiger partial charge in [0, 0.05) is 31.5 Å². The highest BCUT2D eigenvalue weighted by Gasteiger charge is 2.13. The molecule has 1 fully saturated rings. The minimum atomic E-state index is 0.625. The fraction of sp³-hybridized carbons (Fsp3) is 0.571. The van der Waals surface area contributed by atoms with E-state index in [9.17, 15) is 0 Å². The van der Waals surface area contributed by atoms with Gasteiger partial charge in [0.25, 0.3) is 0 Å². The van der Waals surface area contributed by atoms with Crippen molar-refractivity contribution in [3.05, 3.63) is 23.8 Å². The van der Waals surface area contributed by atoms with Gasteiger partial charge < -0.3 is 15.5 Å². The number of aryl methyl sites for hydroxylation is 1. The van der Waals surface area contributed by atoms with Crippen LogP contribution in [0.3, 0.4) is 0 Å². The van der Waals surface area contributed by atoms with Crippen molar-refractivity contribution in [2.75, 3.05) is 37.4 Å². The third kappa shape index (κ3) is 3.13. The van der Waals surface area contributed by atoms with Crippen LogP contribution in [0.4, 0.5) is 11.4 Å². The van der Waals surface area contributed by atoms with Crippen LogP contribution in [0.25, 0.3) is 0 Å². The van der Waals surface area contributed by atoms with Crippen molar-refractivity contribution in [3.63, 3.8) is 0 Å². The lowest BCUT2D eigenvalue weighted by atomic mass is 10.1. The Bertz CT molecular complexity index is 368. The molecule has 1 heterocycles. The number of nitrogens with one attached hydrogen (secondary N) is 2. The van der Waals surface area contributed by atoms with Crippen molar-refractivity contribution < 1.29 is 0 Å². The molecule has 0 saturated carbocycles. The number of benzene rings is 1. The molecule has 94 valence electrons. The molecule has 1 aliphatic rings. The van der Waals surface area contributed by atoms with Gasteiger partial charge in [-0.15, -0.1) is 0 Å². The molecule has 2 rings (SSSR count). The summed E-state index contributed by atoms with van der Waals surface area (Å²) in [5, 5.41) is 7.05. The summed E-state index contributed by atoms with van der Waals surface area (Å²) in [5.41, 5.74) is 3.87. The maximum Gasteiger partial charge on any atom is 0.0373 e. The van der Waals surface area contributed by atoms with Crippen LogP contribution >= 0.6 is 0 Å². The lowest BCUT2D eigenvalue weighted by Gasteiger charge is -2.26. The lowest BCUT2D eigenvalue weighted by Crippen LogP contribution is -2.35. The summed E-state index contributed by atoms with van der Waals surface area (Å²) in [5.74, 6) is 0. The lowest BCUT2D eigenvalue weighted by molar-refractivity contribution is 0.479. The van der Waals surface area contributed by atoms with Gasteiger partial charge in [0.2, 0.25) is 0 Å². The molecule has 0 amide bonds. The van der Waals surface area contributed by atoms with Gasteiger partial charge in [0.05, 0.1) is 0 Å². The molecule has 17 heavy (non-hydrogen) atoms. The number of hydrogen-bond donors (Lipinski definition) is 2. The second-order valence-corrected chi connectivity index (χ2v) is 5.06.